The number of aldehydes is 1. The SMILES string of the molecule is O=CC(=O)C1NCNC1Cc1ccc(N2CCC(=O)CC2)cc1. The molecule has 2 aliphatic heterocycles. The molecule has 122 valence electrons. The van der Waals surface area contributed by atoms with Crippen LogP contribution in [0.25, 0.3) is 0 Å². The predicted molar refractivity (Wildman–Crippen MR) is 86.4 cm³/mol. The smallest absolute Gasteiger partial charge is 0.213 e. The van der Waals surface area contributed by atoms with Crippen LogP contribution in [0.3, 0.4) is 0 Å². The Balaban J connectivity index is 1.62. The molecule has 2 atom stereocenters. The first-order valence-electron chi connectivity index (χ1n) is 7.99. The number of piperidine rings is 1. The topological polar surface area (TPSA) is 78.5 Å². The van der Waals surface area contributed by atoms with Gasteiger partial charge in [-0.15, -0.1) is 0 Å². The van der Waals surface area contributed by atoms with Crippen LogP contribution in [-0.4, -0.2) is 49.7 Å². The van der Waals surface area contributed by atoms with Gasteiger partial charge in [-0.05, 0) is 24.1 Å². The molecule has 2 fully saturated rings. The second kappa shape index (κ2) is 7.02. The van der Waals surface area contributed by atoms with Crippen molar-refractivity contribution in [1.82, 2.24) is 10.6 Å². The van der Waals surface area contributed by atoms with Gasteiger partial charge in [-0.3, -0.25) is 25.0 Å². The zero-order valence-corrected chi connectivity index (χ0v) is 13.0. The maximum absolute atomic E-state index is 11.6. The molecule has 0 radical (unpaired) electrons. The largest absolute Gasteiger partial charge is 0.371 e. The number of carbonyl (C=O) groups excluding carboxylic acids is 3. The molecule has 1 aromatic rings. The van der Waals surface area contributed by atoms with E-state index in [1.807, 2.05) is 12.1 Å². The lowest BCUT2D eigenvalue weighted by molar-refractivity contribution is -0.131. The summed E-state index contributed by atoms with van der Waals surface area (Å²) in [4.78, 5) is 35.8. The highest BCUT2D eigenvalue weighted by molar-refractivity contribution is 6.27. The average molecular weight is 315 g/mol. The molecule has 0 saturated carbocycles. The summed E-state index contributed by atoms with van der Waals surface area (Å²) in [5.74, 6) is -0.0711. The standard InChI is InChI=1S/C17H21N3O3/c21-10-16(23)17-15(18-11-19-17)9-12-1-3-13(4-2-12)20-7-5-14(22)6-8-20/h1-4,10,15,17-19H,5-9,11H2. The summed E-state index contributed by atoms with van der Waals surface area (Å²) in [6, 6.07) is 7.71. The number of nitrogens with one attached hydrogen (secondary N) is 2. The molecular formula is C17H21N3O3. The van der Waals surface area contributed by atoms with Crippen molar-refractivity contribution in [2.24, 2.45) is 0 Å². The van der Waals surface area contributed by atoms with Gasteiger partial charge in [-0.25, -0.2) is 0 Å². The molecule has 3 rings (SSSR count). The summed E-state index contributed by atoms with van der Waals surface area (Å²) in [7, 11) is 0. The van der Waals surface area contributed by atoms with Crippen molar-refractivity contribution in [1.29, 1.82) is 0 Å². The van der Waals surface area contributed by atoms with Crippen molar-refractivity contribution in [3.05, 3.63) is 29.8 Å². The molecule has 23 heavy (non-hydrogen) atoms. The van der Waals surface area contributed by atoms with E-state index >= 15 is 0 Å². The second-order valence-electron chi connectivity index (χ2n) is 6.09. The molecule has 6 nitrogen and oxygen atoms in total. The Morgan fingerprint density at radius 3 is 2.52 bits per heavy atom. The van der Waals surface area contributed by atoms with E-state index in [9.17, 15) is 14.4 Å². The van der Waals surface area contributed by atoms with Gasteiger partial charge >= 0.3 is 0 Å². The van der Waals surface area contributed by atoms with E-state index in [-0.39, 0.29) is 6.04 Å². The number of benzene rings is 1. The quantitative estimate of drug-likeness (QED) is 0.591. The summed E-state index contributed by atoms with van der Waals surface area (Å²) in [5, 5.41) is 6.23. The zero-order chi connectivity index (χ0) is 16.2. The lowest BCUT2D eigenvalue weighted by atomic mass is 9.98. The second-order valence-corrected chi connectivity index (χ2v) is 6.09. The molecule has 1 aromatic carbocycles. The third-order valence-electron chi connectivity index (χ3n) is 4.59. The summed E-state index contributed by atoms with van der Waals surface area (Å²) in [6.07, 6.45) is 2.32. The summed E-state index contributed by atoms with van der Waals surface area (Å²) in [6.45, 7) is 2.10. The van der Waals surface area contributed by atoms with E-state index in [0.29, 0.717) is 38.0 Å². The van der Waals surface area contributed by atoms with E-state index in [0.717, 1.165) is 24.3 Å². The average Bonchev–Trinajstić information content (AvgIpc) is 3.04. The molecule has 2 saturated heterocycles. The van der Waals surface area contributed by atoms with Crippen molar-refractivity contribution in [3.8, 4) is 0 Å². The molecule has 2 aliphatic rings. The van der Waals surface area contributed by atoms with Crippen molar-refractivity contribution in [2.75, 3.05) is 24.7 Å². The number of anilines is 1. The van der Waals surface area contributed by atoms with Crippen molar-refractivity contribution in [2.45, 2.75) is 31.3 Å². The molecule has 2 N–H and O–H groups in total. The molecule has 2 heterocycles. The van der Waals surface area contributed by atoms with E-state index in [2.05, 4.69) is 27.7 Å². The fraction of sp³-hybridized carbons (Fsp3) is 0.471. The summed E-state index contributed by atoms with van der Waals surface area (Å²) < 4.78 is 0. The number of hydrogen-bond donors (Lipinski definition) is 2. The lowest BCUT2D eigenvalue weighted by Gasteiger charge is -2.28. The van der Waals surface area contributed by atoms with Crippen LogP contribution in [0.1, 0.15) is 18.4 Å². The normalized spacial score (nSPS) is 24.7. The van der Waals surface area contributed by atoms with Crippen molar-refractivity contribution < 1.29 is 14.4 Å². The van der Waals surface area contributed by atoms with Crippen LogP contribution in [0.2, 0.25) is 0 Å². The third-order valence-corrected chi connectivity index (χ3v) is 4.59. The minimum atomic E-state index is -0.444. The summed E-state index contributed by atoms with van der Waals surface area (Å²) >= 11 is 0. The minimum Gasteiger partial charge on any atom is -0.371 e. The van der Waals surface area contributed by atoms with Crippen LogP contribution in [0, 0.1) is 0 Å². The maximum Gasteiger partial charge on any atom is 0.213 e. The Kier molecular flexibility index (Phi) is 4.83. The van der Waals surface area contributed by atoms with Gasteiger partial charge in [0, 0.05) is 44.3 Å². The Morgan fingerprint density at radius 1 is 1.17 bits per heavy atom. The number of ketones is 2. The van der Waals surface area contributed by atoms with Gasteiger partial charge in [0.15, 0.2) is 6.29 Å². The van der Waals surface area contributed by atoms with Gasteiger partial charge < -0.3 is 4.90 Å². The first kappa shape index (κ1) is 15.8. The van der Waals surface area contributed by atoms with Crippen LogP contribution in [0.15, 0.2) is 24.3 Å². The molecular weight excluding hydrogens is 294 g/mol. The van der Waals surface area contributed by atoms with Gasteiger partial charge in [0.1, 0.15) is 5.78 Å². The highest BCUT2D eigenvalue weighted by atomic mass is 16.2. The fourth-order valence-corrected chi connectivity index (χ4v) is 3.23. The van der Waals surface area contributed by atoms with Crippen molar-refractivity contribution in [3.63, 3.8) is 0 Å². The molecule has 6 heteroatoms. The Morgan fingerprint density at radius 2 is 1.87 bits per heavy atom. The van der Waals surface area contributed by atoms with Crippen LogP contribution >= 0.6 is 0 Å². The molecule has 0 bridgehead atoms. The number of carbonyl (C=O) groups is 3. The Labute approximate surface area is 135 Å². The zero-order valence-electron chi connectivity index (χ0n) is 13.0. The van der Waals surface area contributed by atoms with Gasteiger partial charge in [0.25, 0.3) is 0 Å². The van der Waals surface area contributed by atoms with E-state index in [1.54, 1.807) is 0 Å². The Hall–Kier alpha value is -2.05. The lowest BCUT2D eigenvalue weighted by Crippen LogP contribution is -2.42. The fourth-order valence-electron chi connectivity index (χ4n) is 3.23. The summed E-state index contributed by atoms with van der Waals surface area (Å²) in [5.41, 5.74) is 2.24. The molecule has 0 spiro atoms. The number of Topliss-reactive ketones (excluding diaryl/α,β-unsaturated/α-hetero) is 2. The number of rotatable bonds is 5. The number of hydrogen-bond acceptors (Lipinski definition) is 6. The molecule has 0 aliphatic carbocycles. The van der Waals surface area contributed by atoms with E-state index in [1.165, 1.54) is 0 Å². The van der Waals surface area contributed by atoms with Crippen molar-refractivity contribution >= 4 is 23.5 Å². The van der Waals surface area contributed by atoms with Gasteiger partial charge in [-0.2, -0.15) is 0 Å². The highest BCUT2D eigenvalue weighted by Gasteiger charge is 2.31. The van der Waals surface area contributed by atoms with Gasteiger partial charge in [-0.1, -0.05) is 12.1 Å². The van der Waals surface area contributed by atoms with Gasteiger partial charge in [0.2, 0.25) is 5.78 Å². The maximum atomic E-state index is 11.6. The molecule has 0 amide bonds. The van der Waals surface area contributed by atoms with E-state index in [4.69, 9.17) is 0 Å². The first-order valence-corrected chi connectivity index (χ1v) is 7.99. The highest BCUT2D eigenvalue weighted by Crippen LogP contribution is 2.20. The first-order chi connectivity index (χ1) is 11.2. The van der Waals surface area contributed by atoms with Crippen LogP contribution in [-0.2, 0) is 20.8 Å². The predicted octanol–water partition coefficient (Wildman–Crippen LogP) is 0.0539. The molecule has 2 unspecified atom stereocenters. The minimum absolute atomic E-state index is 0.0637. The molecule has 0 aromatic heterocycles. The van der Waals surface area contributed by atoms with E-state index < -0.39 is 11.8 Å². The van der Waals surface area contributed by atoms with Crippen LogP contribution in [0.4, 0.5) is 5.69 Å². The van der Waals surface area contributed by atoms with Crippen LogP contribution < -0.4 is 15.5 Å². The van der Waals surface area contributed by atoms with Gasteiger partial charge in [0.05, 0.1) is 6.04 Å². The monoisotopic (exact) mass is 315 g/mol. The number of nitrogens with zero attached hydrogens (tertiary/aromatic N) is 1. The third kappa shape index (κ3) is 3.65. The van der Waals surface area contributed by atoms with Crippen LogP contribution in [0.5, 0.6) is 0 Å². The Bertz CT molecular complexity index is 590.